The Hall–Kier alpha value is -0.0400. The molecular weight excluding hydrogens is 334 g/mol. The first-order valence-corrected chi connectivity index (χ1v) is 9.22. The van der Waals surface area contributed by atoms with Crippen LogP contribution in [0.25, 0.3) is 0 Å². The number of rotatable bonds is 6. The van der Waals surface area contributed by atoms with Gasteiger partial charge in [0.1, 0.15) is 0 Å². The topological polar surface area (TPSA) is 46.2 Å². The number of hydrogen-bond acceptors (Lipinski definition) is 3. The largest absolute Gasteiger partial charge is 0.241 e. The molecule has 1 aromatic carbocycles. The molecule has 0 bridgehead atoms. The van der Waals surface area contributed by atoms with Crippen LogP contribution in [0.3, 0.4) is 0 Å². The maximum absolute atomic E-state index is 12.1. The van der Waals surface area contributed by atoms with Crippen molar-refractivity contribution in [3.63, 3.8) is 0 Å². The smallest absolute Gasteiger partial charge is 0.211 e. The molecule has 0 amide bonds. The summed E-state index contributed by atoms with van der Waals surface area (Å²) in [5, 5.41) is 0.453. The molecule has 0 radical (unpaired) electrons. The van der Waals surface area contributed by atoms with Crippen molar-refractivity contribution in [2.24, 2.45) is 0 Å². The molecule has 3 nitrogen and oxygen atoms in total. The van der Waals surface area contributed by atoms with E-state index >= 15 is 0 Å². The summed E-state index contributed by atoms with van der Waals surface area (Å²) in [6.07, 6.45) is 2.85. The van der Waals surface area contributed by atoms with Crippen LogP contribution in [-0.4, -0.2) is 26.5 Å². The minimum absolute atomic E-state index is 0.296. The molecule has 0 aliphatic carbocycles. The van der Waals surface area contributed by atoms with Gasteiger partial charge in [-0.25, -0.2) is 13.1 Å². The Morgan fingerprint density at radius 2 is 2.11 bits per heavy atom. The molecule has 0 saturated carbocycles. The van der Waals surface area contributed by atoms with Crippen molar-refractivity contribution in [2.45, 2.75) is 30.4 Å². The SMILES string of the molecule is CSC(C)CCNS(=O)(=O)c1ccc(C)cc1Br. The number of benzene rings is 1. The second-order valence-corrected chi connectivity index (χ2v) is 8.03. The normalized spacial score (nSPS) is 13.6. The molecule has 0 saturated heterocycles. The molecule has 0 heterocycles. The second kappa shape index (κ2) is 6.93. The first-order chi connectivity index (χ1) is 8.36. The van der Waals surface area contributed by atoms with Crippen LogP contribution >= 0.6 is 27.7 Å². The lowest BCUT2D eigenvalue weighted by Gasteiger charge is -2.11. The molecule has 1 N–H and O–H groups in total. The Morgan fingerprint density at radius 1 is 1.44 bits per heavy atom. The molecule has 1 rings (SSSR count). The van der Waals surface area contributed by atoms with Gasteiger partial charge in [-0.3, -0.25) is 0 Å². The first-order valence-electron chi connectivity index (χ1n) is 5.65. The fourth-order valence-corrected chi connectivity index (χ4v) is 4.01. The number of hydrogen-bond donors (Lipinski definition) is 1. The van der Waals surface area contributed by atoms with E-state index in [9.17, 15) is 8.42 Å². The molecule has 6 heteroatoms. The van der Waals surface area contributed by atoms with Gasteiger partial charge in [0.25, 0.3) is 0 Å². The third-order valence-electron chi connectivity index (χ3n) is 2.62. The third kappa shape index (κ3) is 4.57. The van der Waals surface area contributed by atoms with Crippen LogP contribution in [0.4, 0.5) is 0 Å². The van der Waals surface area contributed by atoms with Crippen molar-refractivity contribution < 1.29 is 8.42 Å². The van der Waals surface area contributed by atoms with E-state index in [1.165, 1.54) is 0 Å². The molecule has 1 atom stereocenters. The van der Waals surface area contributed by atoms with Gasteiger partial charge in [0, 0.05) is 16.3 Å². The highest BCUT2D eigenvalue weighted by molar-refractivity contribution is 9.10. The lowest BCUT2D eigenvalue weighted by atomic mass is 10.2. The van der Waals surface area contributed by atoms with Crippen molar-refractivity contribution in [3.8, 4) is 0 Å². The number of aryl methyl sites for hydroxylation is 1. The molecule has 0 fully saturated rings. The Morgan fingerprint density at radius 3 is 2.67 bits per heavy atom. The van der Waals surface area contributed by atoms with Gasteiger partial charge in [0.2, 0.25) is 10.0 Å². The van der Waals surface area contributed by atoms with Gasteiger partial charge in [-0.2, -0.15) is 11.8 Å². The summed E-state index contributed by atoms with van der Waals surface area (Å²) in [5.41, 5.74) is 1.02. The maximum Gasteiger partial charge on any atom is 0.241 e. The third-order valence-corrected chi connectivity index (χ3v) is 6.10. The highest BCUT2D eigenvalue weighted by Gasteiger charge is 2.17. The zero-order valence-corrected chi connectivity index (χ0v) is 14.0. The average Bonchev–Trinajstić information content (AvgIpc) is 2.27. The van der Waals surface area contributed by atoms with E-state index in [-0.39, 0.29) is 0 Å². The number of sulfonamides is 1. The van der Waals surface area contributed by atoms with Crippen LogP contribution in [0.5, 0.6) is 0 Å². The summed E-state index contributed by atoms with van der Waals surface area (Å²) in [5.74, 6) is 0. The fraction of sp³-hybridized carbons (Fsp3) is 0.500. The molecule has 102 valence electrons. The van der Waals surface area contributed by atoms with Gasteiger partial charge in [-0.15, -0.1) is 0 Å². The van der Waals surface area contributed by atoms with E-state index in [1.807, 2.05) is 13.2 Å². The van der Waals surface area contributed by atoms with Crippen molar-refractivity contribution in [3.05, 3.63) is 28.2 Å². The number of thioether (sulfide) groups is 1. The van der Waals surface area contributed by atoms with Gasteiger partial charge in [0.05, 0.1) is 4.90 Å². The summed E-state index contributed by atoms with van der Waals surface area (Å²) in [7, 11) is -3.42. The van der Waals surface area contributed by atoms with Crippen LogP contribution in [0.2, 0.25) is 0 Å². The fourth-order valence-electron chi connectivity index (χ4n) is 1.42. The molecule has 0 aliphatic heterocycles. The van der Waals surface area contributed by atoms with Gasteiger partial charge in [-0.05, 0) is 53.2 Å². The van der Waals surface area contributed by atoms with Crippen LogP contribution < -0.4 is 4.72 Å². The van der Waals surface area contributed by atoms with Crippen LogP contribution in [0.1, 0.15) is 18.9 Å². The summed E-state index contributed by atoms with van der Waals surface area (Å²) >= 11 is 5.03. The van der Waals surface area contributed by atoms with Crippen molar-refractivity contribution in [2.75, 3.05) is 12.8 Å². The molecule has 18 heavy (non-hydrogen) atoms. The van der Waals surface area contributed by atoms with Gasteiger partial charge < -0.3 is 0 Å². The van der Waals surface area contributed by atoms with Crippen LogP contribution in [0.15, 0.2) is 27.6 Å². The highest BCUT2D eigenvalue weighted by Crippen LogP contribution is 2.22. The predicted molar refractivity (Wildman–Crippen MR) is 81.7 cm³/mol. The van der Waals surface area contributed by atoms with Gasteiger partial charge >= 0.3 is 0 Å². The summed E-state index contributed by atoms with van der Waals surface area (Å²) in [6.45, 7) is 4.47. The van der Waals surface area contributed by atoms with Crippen molar-refractivity contribution >= 4 is 37.7 Å². The van der Waals surface area contributed by atoms with E-state index in [2.05, 4.69) is 27.6 Å². The number of nitrogens with one attached hydrogen (secondary N) is 1. The minimum Gasteiger partial charge on any atom is -0.211 e. The van der Waals surface area contributed by atoms with E-state index in [0.717, 1.165) is 12.0 Å². The molecule has 0 spiro atoms. The molecule has 1 aromatic rings. The average molecular weight is 352 g/mol. The van der Waals surface area contributed by atoms with Crippen LogP contribution in [-0.2, 0) is 10.0 Å². The Kier molecular flexibility index (Phi) is 6.17. The summed E-state index contributed by atoms with van der Waals surface area (Å²) in [4.78, 5) is 0.296. The highest BCUT2D eigenvalue weighted by atomic mass is 79.9. The predicted octanol–water partition coefficient (Wildman–Crippen LogP) is 3.18. The lowest BCUT2D eigenvalue weighted by molar-refractivity contribution is 0.578. The second-order valence-electron chi connectivity index (χ2n) is 4.17. The monoisotopic (exact) mass is 351 g/mol. The lowest BCUT2D eigenvalue weighted by Crippen LogP contribution is -2.26. The quantitative estimate of drug-likeness (QED) is 0.855. The Bertz CT molecular complexity index is 503. The molecule has 0 aromatic heterocycles. The van der Waals surface area contributed by atoms with E-state index in [0.29, 0.717) is 21.2 Å². The summed E-state index contributed by atoms with van der Waals surface area (Å²) < 4.78 is 27.4. The summed E-state index contributed by atoms with van der Waals surface area (Å²) in [6, 6.07) is 5.22. The van der Waals surface area contributed by atoms with E-state index < -0.39 is 10.0 Å². The van der Waals surface area contributed by atoms with Crippen molar-refractivity contribution in [1.82, 2.24) is 4.72 Å². The molecule has 0 aliphatic rings. The van der Waals surface area contributed by atoms with Crippen LogP contribution in [0, 0.1) is 6.92 Å². The zero-order chi connectivity index (χ0) is 13.8. The molecule has 1 unspecified atom stereocenters. The van der Waals surface area contributed by atoms with Gasteiger partial charge in [0.15, 0.2) is 0 Å². The Balaban J connectivity index is 2.74. The number of halogens is 1. The first kappa shape index (κ1) is 16.0. The van der Waals surface area contributed by atoms with Gasteiger partial charge in [-0.1, -0.05) is 13.0 Å². The standard InChI is InChI=1S/C12H18BrNO2S2/c1-9-4-5-12(11(13)8-9)18(15,16)14-7-6-10(2)17-3/h4-5,8,10,14H,6-7H2,1-3H3. The van der Waals surface area contributed by atoms with Crippen molar-refractivity contribution in [1.29, 1.82) is 0 Å². The van der Waals surface area contributed by atoms with E-state index in [1.54, 1.807) is 30.0 Å². The molecular formula is C12H18BrNO2S2. The maximum atomic E-state index is 12.1. The minimum atomic E-state index is -3.42. The Labute approximate surface area is 122 Å². The van der Waals surface area contributed by atoms with E-state index in [4.69, 9.17) is 0 Å². The zero-order valence-electron chi connectivity index (χ0n) is 10.7.